The molecule has 0 spiro atoms. The molecule has 0 bridgehead atoms. The monoisotopic (exact) mass is 268 g/mol. The summed E-state index contributed by atoms with van der Waals surface area (Å²) in [5, 5.41) is 10.1. The SMILES string of the molecule is [2H]c1c(Br)nc(N2C([2H])([2H])C([2H])([2H])C([2H])(O)C([2H])([2H])C2([2H])[2H])c([2H])c1[2H]. The summed E-state index contributed by atoms with van der Waals surface area (Å²) in [7, 11) is 0. The van der Waals surface area contributed by atoms with E-state index in [-0.39, 0.29) is 9.50 Å². The Morgan fingerprint density at radius 1 is 1.64 bits per heavy atom. The molecule has 1 fully saturated rings. The first kappa shape index (κ1) is 2.95. The van der Waals surface area contributed by atoms with E-state index in [0.717, 1.165) is 0 Å². The van der Waals surface area contributed by atoms with Crippen LogP contribution in [0.15, 0.2) is 22.7 Å². The quantitative estimate of drug-likeness (QED) is 0.790. The van der Waals surface area contributed by atoms with Crippen molar-refractivity contribution in [1.29, 1.82) is 0 Å². The average Bonchev–Trinajstić information content (AvgIpc) is 2.48. The molecule has 14 heavy (non-hydrogen) atoms. The van der Waals surface area contributed by atoms with Crippen LogP contribution in [0.5, 0.6) is 0 Å². The van der Waals surface area contributed by atoms with Crippen molar-refractivity contribution in [1.82, 2.24) is 4.98 Å². The predicted octanol–water partition coefficient (Wildman–Crippen LogP) is 1.81. The molecule has 0 radical (unpaired) electrons. The van der Waals surface area contributed by atoms with E-state index in [1.54, 1.807) is 0 Å². The molecule has 0 atom stereocenters. The van der Waals surface area contributed by atoms with Crippen LogP contribution in [0.2, 0.25) is 0 Å². The van der Waals surface area contributed by atoms with Crippen LogP contribution in [0.3, 0.4) is 0 Å². The van der Waals surface area contributed by atoms with Crippen LogP contribution in [0, 0.1) is 0 Å². The topological polar surface area (TPSA) is 36.4 Å². The van der Waals surface area contributed by atoms with Gasteiger partial charge in [0.05, 0.1) is 11.6 Å². The van der Waals surface area contributed by atoms with Crippen molar-refractivity contribution in [3.8, 4) is 0 Å². The zero-order chi connectivity index (χ0) is 20.7. The molecule has 0 aromatic carbocycles. The molecule has 1 aliphatic heterocycles. The number of nitrogens with zero attached hydrogens (tertiary/aromatic N) is 2. The van der Waals surface area contributed by atoms with Gasteiger partial charge in [-0.25, -0.2) is 4.98 Å². The highest BCUT2D eigenvalue weighted by Crippen LogP contribution is 2.19. The maximum Gasteiger partial charge on any atom is 0.129 e. The fraction of sp³-hybridized carbons (Fsp3) is 0.500. The number of halogens is 1. The molecule has 0 amide bonds. The van der Waals surface area contributed by atoms with Crippen LogP contribution in [0.4, 0.5) is 5.82 Å². The minimum atomic E-state index is -3.83. The molecule has 1 saturated heterocycles. The van der Waals surface area contributed by atoms with Gasteiger partial charge in [-0.2, -0.15) is 0 Å². The third-order valence-electron chi connectivity index (χ3n) is 1.33. The van der Waals surface area contributed by atoms with E-state index < -0.39 is 55.8 Å². The summed E-state index contributed by atoms with van der Waals surface area (Å²) < 4.78 is 93.5. The number of rotatable bonds is 1. The molecule has 1 aromatic heterocycles. The van der Waals surface area contributed by atoms with Crippen molar-refractivity contribution >= 4 is 21.7 Å². The van der Waals surface area contributed by atoms with Crippen LogP contribution in [-0.4, -0.2) is 29.2 Å². The van der Waals surface area contributed by atoms with Gasteiger partial charge in [0.15, 0.2) is 0 Å². The fourth-order valence-electron chi connectivity index (χ4n) is 0.776. The van der Waals surface area contributed by atoms with Crippen molar-refractivity contribution in [2.75, 3.05) is 17.9 Å². The lowest BCUT2D eigenvalue weighted by atomic mass is 10.1. The van der Waals surface area contributed by atoms with Crippen LogP contribution in [0.25, 0.3) is 0 Å². The lowest BCUT2D eigenvalue weighted by Gasteiger charge is -2.30. The van der Waals surface area contributed by atoms with Gasteiger partial charge in [0.1, 0.15) is 10.4 Å². The Morgan fingerprint density at radius 3 is 3.07 bits per heavy atom. The molecule has 0 unspecified atom stereocenters. The van der Waals surface area contributed by atoms with Crippen LogP contribution < -0.4 is 4.90 Å². The number of piperidine rings is 1. The molecule has 1 N–H and O–H groups in total. The smallest absolute Gasteiger partial charge is 0.129 e. The molecule has 4 heteroatoms. The van der Waals surface area contributed by atoms with Crippen LogP contribution in [-0.2, 0) is 0 Å². The van der Waals surface area contributed by atoms with E-state index in [1.165, 1.54) is 0 Å². The molecule has 0 aliphatic carbocycles. The molecule has 3 nitrogen and oxygen atoms in total. The summed E-state index contributed by atoms with van der Waals surface area (Å²) in [5.74, 6) is -0.948. The number of pyridine rings is 1. The van der Waals surface area contributed by atoms with E-state index in [2.05, 4.69) is 20.9 Å². The highest BCUT2D eigenvalue weighted by Gasteiger charge is 2.17. The van der Waals surface area contributed by atoms with Gasteiger partial charge in [-0.15, -0.1) is 0 Å². The van der Waals surface area contributed by atoms with Crippen LogP contribution >= 0.6 is 15.9 Å². The summed E-state index contributed by atoms with van der Waals surface area (Å²) in [5.41, 5.74) is 0. The lowest BCUT2D eigenvalue weighted by Crippen LogP contribution is -2.36. The Bertz CT molecular complexity index is 737. The van der Waals surface area contributed by atoms with Gasteiger partial charge in [0.25, 0.3) is 0 Å². The Morgan fingerprint density at radius 2 is 2.36 bits per heavy atom. The maximum atomic E-state index is 10.1. The van der Waals surface area contributed by atoms with Gasteiger partial charge < -0.3 is 10.0 Å². The number of hydrogen-bond donors (Lipinski definition) is 1. The maximum absolute atomic E-state index is 10.1. The Labute approximate surface area is 109 Å². The van der Waals surface area contributed by atoms with E-state index in [1.807, 2.05) is 0 Å². The molecule has 0 saturated carbocycles. The summed E-state index contributed by atoms with van der Waals surface area (Å²) in [6, 6.07) is -2.27. The van der Waals surface area contributed by atoms with Gasteiger partial charge in [-0.3, -0.25) is 0 Å². The second-order valence-corrected chi connectivity index (χ2v) is 3.01. The molecule has 76 valence electrons. The zero-order valence-electron chi connectivity index (χ0n) is 18.7. The molecule has 2 heterocycles. The van der Waals surface area contributed by atoms with Crippen molar-refractivity contribution in [3.05, 3.63) is 22.7 Å². The fourth-order valence-corrected chi connectivity index (χ4v) is 1.04. The van der Waals surface area contributed by atoms with E-state index in [9.17, 15) is 5.11 Å². The van der Waals surface area contributed by atoms with Gasteiger partial charge in [-0.05, 0) is 40.8 Å². The highest BCUT2D eigenvalue weighted by molar-refractivity contribution is 9.10. The van der Waals surface area contributed by atoms with E-state index in [4.69, 9.17) is 16.4 Å². The summed E-state index contributed by atoms with van der Waals surface area (Å²) in [6.07, 6.45) is -11.2. The molecule has 2 rings (SSSR count). The number of anilines is 1. The Kier molecular flexibility index (Phi) is 0.901. The average molecular weight is 269 g/mol. The molecular formula is C10H13BrN2O. The second kappa shape index (κ2) is 4.28. The predicted molar refractivity (Wildman–Crippen MR) is 59.4 cm³/mol. The van der Waals surface area contributed by atoms with Crippen molar-refractivity contribution in [2.45, 2.75) is 18.8 Å². The normalized spacial score (nSPS) is 47.7. The van der Waals surface area contributed by atoms with E-state index >= 15 is 0 Å². The number of aromatic nitrogens is 1. The van der Waals surface area contributed by atoms with Crippen LogP contribution in [0.1, 0.15) is 29.2 Å². The minimum absolute atomic E-state index is 0.131. The van der Waals surface area contributed by atoms with Crippen molar-refractivity contribution < 1.29 is 21.6 Å². The summed E-state index contributed by atoms with van der Waals surface area (Å²) in [4.78, 5) is 3.49. The first-order chi connectivity index (χ1) is 11.4. The highest BCUT2D eigenvalue weighted by atomic mass is 79.9. The third-order valence-corrected chi connectivity index (χ3v) is 1.70. The first-order valence-electron chi connectivity index (χ1n) is 9.53. The Hall–Kier alpha value is -0.610. The van der Waals surface area contributed by atoms with Gasteiger partial charge in [0, 0.05) is 24.0 Å². The zero-order valence-corrected chi connectivity index (χ0v) is 8.31. The van der Waals surface area contributed by atoms with Gasteiger partial charge in [-0.1, -0.05) is 6.04 Å². The molecule has 1 aromatic rings. The largest absolute Gasteiger partial charge is 0.393 e. The summed E-state index contributed by atoms with van der Waals surface area (Å²) >= 11 is 2.80. The standard InChI is InChI=1S/C10H13BrN2O/c11-9-2-1-3-10(12-9)13-6-4-8(14)5-7-13/h1-3,8,14H,4-7H2/i1D,2D,3D,4D2,5D2,6D2,7D2,8D. The number of hydrogen-bond acceptors (Lipinski definition) is 3. The second-order valence-electron chi connectivity index (χ2n) is 2.26. The summed E-state index contributed by atoms with van der Waals surface area (Å²) in [6.45, 7) is -7.09. The Balaban J connectivity index is 2.92. The van der Waals surface area contributed by atoms with Gasteiger partial charge in [0.2, 0.25) is 0 Å². The first-order valence-corrected chi connectivity index (χ1v) is 4.32. The van der Waals surface area contributed by atoms with Gasteiger partial charge >= 0.3 is 0 Å². The van der Waals surface area contributed by atoms with Crippen molar-refractivity contribution in [3.63, 3.8) is 0 Å². The number of aliphatic hydroxyl groups is 1. The minimum Gasteiger partial charge on any atom is -0.393 e. The molecular weight excluding hydrogens is 244 g/mol. The van der Waals surface area contributed by atoms with E-state index in [0.29, 0.717) is 0 Å². The third kappa shape index (κ3) is 2.25. The lowest BCUT2D eigenvalue weighted by molar-refractivity contribution is 0.145. The molecule has 1 aliphatic rings. The van der Waals surface area contributed by atoms with Crippen molar-refractivity contribution in [2.24, 2.45) is 0 Å².